The maximum Gasteiger partial charge on any atom is 0.191 e. The molecule has 0 aromatic carbocycles. The summed E-state index contributed by atoms with van der Waals surface area (Å²) in [5.41, 5.74) is 0. The van der Waals surface area contributed by atoms with Crippen LogP contribution in [0.2, 0.25) is 0 Å². The maximum atomic E-state index is 5.50. The zero-order valence-electron chi connectivity index (χ0n) is 16.7. The largest absolute Gasteiger partial charge is 0.379 e. The van der Waals surface area contributed by atoms with E-state index in [0.717, 1.165) is 64.1 Å². The molecule has 148 valence electrons. The first-order valence-corrected chi connectivity index (χ1v) is 9.77. The van der Waals surface area contributed by atoms with Crippen molar-refractivity contribution in [2.75, 3.05) is 46.4 Å². The highest BCUT2D eigenvalue weighted by molar-refractivity contribution is 5.79. The van der Waals surface area contributed by atoms with Crippen molar-refractivity contribution in [2.45, 2.75) is 46.2 Å². The molecule has 0 spiro atoms. The molecule has 0 amide bonds. The van der Waals surface area contributed by atoms with Crippen LogP contribution in [-0.4, -0.2) is 78.1 Å². The molecule has 2 heterocycles. The summed E-state index contributed by atoms with van der Waals surface area (Å²) in [6, 6.07) is 0.502. The molecule has 1 saturated heterocycles. The molecular formula is C18H35N7O. The van der Waals surface area contributed by atoms with Crippen LogP contribution in [0.1, 0.15) is 33.0 Å². The summed E-state index contributed by atoms with van der Waals surface area (Å²) in [5.74, 6) is 2.53. The van der Waals surface area contributed by atoms with E-state index < -0.39 is 0 Å². The van der Waals surface area contributed by atoms with Gasteiger partial charge in [0.05, 0.1) is 13.2 Å². The number of aromatic nitrogens is 3. The number of morpholine rings is 1. The fourth-order valence-electron chi connectivity index (χ4n) is 3.32. The molecule has 1 aromatic heterocycles. The Morgan fingerprint density at radius 1 is 1.31 bits per heavy atom. The Balaban J connectivity index is 1.79. The van der Waals surface area contributed by atoms with Crippen molar-refractivity contribution >= 4 is 5.96 Å². The number of guanidine groups is 1. The number of nitrogens with zero attached hydrogens (tertiary/aromatic N) is 5. The van der Waals surface area contributed by atoms with E-state index in [1.807, 2.05) is 7.05 Å². The number of rotatable bonds is 9. The van der Waals surface area contributed by atoms with Crippen molar-refractivity contribution in [2.24, 2.45) is 10.9 Å². The van der Waals surface area contributed by atoms with Crippen molar-refractivity contribution in [3.63, 3.8) is 0 Å². The molecular weight excluding hydrogens is 330 g/mol. The number of nitrogens with one attached hydrogen (secondary N) is 2. The summed E-state index contributed by atoms with van der Waals surface area (Å²) in [4.78, 5) is 6.89. The van der Waals surface area contributed by atoms with E-state index in [9.17, 15) is 0 Å². The van der Waals surface area contributed by atoms with Crippen LogP contribution < -0.4 is 10.6 Å². The monoisotopic (exact) mass is 365 g/mol. The van der Waals surface area contributed by atoms with E-state index in [-0.39, 0.29) is 0 Å². The van der Waals surface area contributed by atoms with Gasteiger partial charge in [0, 0.05) is 52.2 Å². The molecule has 1 unspecified atom stereocenters. The molecule has 2 rings (SSSR count). The number of hydrogen-bond donors (Lipinski definition) is 2. The van der Waals surface area contributed by atoms with E-state index in [4.69, 9.17) is 4.74 Å². The van der Waals surface area contributed by atoms with Crippen LogP contribution in [0.4, 0.5) is 0 Å². The minimum Gasteiger partial charge on any atom is -0.379 e. The van der Waals surface area contributed by atoms with E-state index in [1.54, 1.807) is 6.33 Å². The molecule has 0 bridgehead atoms. The number of ether oxygens (including phenoxy) is 1. The fourth-order valence-corrected chi connectivity index (χ4v) is 3.32. The van der Waals surface area contributed by atoms with Gasteiger partial charge in [-0.25, -0.2) is 0 Å². The van der Waals surface area contributed by atoms with Gasteiger partial charge in [-0.3, -0.25) is 9.89 Å². The lowest BCUT2D eigenvalue weighted by Gasteiger charge is -2.35. The molecule has 0 saturated carbocycles. The van der Waals surface area contributed by atoms with Crippen molar-refractivity contribution in [3.8, 4) is 0 Å². The zero-order chi connectivity index (χ0) is 18.8. The Labute approximate surface area is 157 Å². The third kappa shape index (κ3) is 6.57. The van der Waals surface area contributed by atoms with Gasteiger partial charge < -0.3 is 19.9 Å². The Hall–Kier alpha value is -1.67. The highest BCUT2D eigenvalue weighted by atomic mass is 16.5. The van der Waals surface area contributed by atoms with Gasteiger partial charge in [-0.1, -0.05) is 20.8 Å². The molecule has 1 atom stereocenters. The Morgan fingerprint density at radius 3 is 2.73 bits per heavy atom. The molecule has 26 heavy (non-hydrogen) atoms. The van der Waals surface area contributed by atoms with Gasteiger partial charge in [-0.2, -0.15) is 0 Å². The van der Waals surface area contributed by atoms with Crippen LogP contribution in [0.15, 0.2) is 11.3 Å². The minimum absolute atomic E-state index is 0.502. The molecule has 2 N–H and O–H groups in total. The predicted molar refractivity (Wildman–Crippen MR) is 104 cm³/mol. The molecule has 1 aliphatic heterocycles. The number of hydrogen-bond acceptors (Lipinski definition) is 5. The molecule has 1 aromatic rings. The first kappa shape index (κ1) is 20.6. The highest BCUT2D eigenvalue weighted by Gasteiger charge is 2.22. The quantitative estimate of drug-likeness (QED) is 0.497. The Morgan fingerprint density at radius 2 is 2.08 bits per heavy atom. The third-order valence-corrected chi connectivity index (χ3v) is 4.69. The average molecular weight is 366 g/mol. The van der Waals surface area contributed by atoms with Gasteiger partial charge in [-0.05, 0) is 12.3 Å². The van der Waals surface area contributed by atoms with Crippen LogP contribution in [0.25, 0.3) is 0 Å². The van der Waals surface area contributed by atoms with Gasteiger partial charge in [0.1, 0.15) is 12.2 Å². The van der Waals surface area contributed by atoms with Crippen molar-refractivity contribution < 1.29 is 4.74 Å². The van der Waals surface area contributed by atoms with Crippen LogP contribution >= 0.6 is 0 Å². The van der Waals surface area contributed by atoms with Crippen LogP contribution in [0.5, 0.6) is 0 Å². The summed E-state index contributed by atoms with van der Waals surface area (Å²) >= 11 is 0. The molecule has 1 aliphatic rings. The van der Waals surface area contributed by atoms with Gasteiger partial charge in [-0.15, -0.1) is 10.2 Å². The molecule has 1 fully saturated rings. The number of aliphatic imine (C=N–C) groups is 1. The molecule has 8 heteroatoms. The van der Waals surface area contributed by atoms with Gasteiger partial charge >= 0.3 is 0 Å². The third-order valence-electron chi connectivity index (χ3n) is 4.69. The SMILES string of the molecule is CCc1nncn1CCNC(=NC)NCC(CC(C)C)N1CCOCC1. The van der Waals surface area contributed by atoms with Crippen LogP contribution in [-0.2, 0) is 17.7 Å². The summed E-state index contributed by atoms with van der Waals surface area (Å²) in [5, 5.41) is 15.0. The number of aryl methyl sites for hydroxylation is 1. The van der Waals surface area contributed by atoms with E-state index in [0.29, 0.717) is 12.0 Å². The van der Waals surface area contributed by atoms with Crippen molar-refractivity contribution in [1.29, 1.82) is 0 Å². The predicted octanol–water partition coefficient (Wildman–Crippen LogP) is 0.752. The van der Waals surface area contributed by atoms with Gasteiger partial charge in [0.25, 0.3) is 0 Å². The summed E-state index contributed by atoms with van der Waals surface area (Å²) < 4.78 is 7.58. The lowest BCUT2D eigenvalue weighted by atomic mass is 10.0. The van der Waals surface area contributed by atoms with Crippen LogP contribution in [0.3, 0.4) is 0 Å². The van der Waals surface area contributed by atoms with Crippen molar-refractivity contribution in [3.05, 3.63) is 12.2 Å². The Bertz CT molecular complexity index is 537. The van der Waals surface area contributed by atoms with E-state index in [1.165, 1.54) is 6.42 Å². The van der Waals surface area contributed by atoms with Gasteiger partial charge in [0.2, 0.25) is 0 Å². The second-order valence-corrected chi connectivity index (χ2v) is 7.11. The second kappa shape index (κ2) is 11.1. The zero-order valence-corrected chi connectivity index (χ0v) is 16.7. The Kier molecular flexibility index (Phi) is 8.84. The maximum absolute atomic E-state index is 5.50. The topological polar surface area (TPSA) is 79.6 Å². The summed E-state index contributed by atoms with van der Waals surface area (Å²) in [6.07, 6.45) is 3.85. The van der Waals surface area contributed by atoms with E-state index >= 15 is 0 Å². The van der Waals surface area contributed by atoms with Crippen molar-refractivity contribution in [1.82, 2.24) is 30.3 Å². The molecule has 8 nitrogen and oxygen atoms in total. The lowest BCUT2D eigenvalue weighted by molar-refractivity contribution is 0.0132. The van der Waals surface area contributed by atoms with E-state index in [2.05, 4.69) is 56.1 Å². The second-order valence-electron chi connectivity index (χ2n) is 7.11. The lowest BCUT2D eigenvalue weighted by Crippen LogP contribution is -2.51. The first-order chi connectivity index (χ1) is 12.6. The first-order valence-electron chi connectivity index (χ1n) is 9.77. The molecule has 0 radical (unpaired) electrons. The molecule has 0 aliphatic carbocycles. The normalized spacial score (nSPS) is 17.5. The standard InChI is InChI=1S/C18H35N7O/c1-5-17-23-22-14-25(17)7-6-20-18(19-4)21-13-16(12-15(2)3)24-8-10-26-11-9-24/h14-16H,5-13H2,1-4H3,(H2,19,20,21). The smallest absolute Gasteiger partial charge is 0.191 e. The minimum atomic E-state index is 0.502. The fraction of sp³-hybridized carbons (Fsp3) is 0.833. The van der Waals surface area contributed by atoms with Gasteiger partial charge in [0.15, 0.2) is 5.96 Å². The summed E-state index contributed by atoms with van der Waals surface area (Å²) in [7, 11) is 1.82. The average Bonchev–Trinajstić information content (AvgIpc) is 3.11. The summed E-state index contributed by atoms with van der Waals surface area (Å²) in [6.45, 7) is 12.9. The highest BCUT2D eigenvalue weighted by Crippen LogP contribution is 2.12. The van der Waals surface area contributed by atoms with Crippen LogP contribution in [0, 0.1) is 5.92 Å².